The first kappa shape index (κ1) is 12.0. The van der Waals surface area contributed by atoms with Gasteiger partial charge in [-0.1, -0.05) is 28.9 Å². The number of aliphatic carboxylic acids is 1. The Morgan fingerprint density at radius 2 is 2.26 bits per heavy atom. The highest BCUT2D eigenvalue weighted by molar-refractivity contribution is 6.30. The second-order valence-electron chi connectivity index (χ2n) is 4.35. The molecule has 0 radical (unpaired) electrons. The number of carboxylic acids is 1. The Balaban J connectivity index is 1.76. The molecule has 7 heteroatoms. The van der Waals surface area contributed by atoms with Crippen LogP contribution in [0.3, 0.4) is 0 Å². The summed E-state index contributed by atoms with van der Waals surface area (Å²) in [5.74, 6) is -0.719. The maximum Gasteiger partial charge on any atom is 0.324 e. The van der Waals surface area contributed by atoms with E-state index in [2.05, 4.69) is 10.1 Å². The Morgan fingerprint density at radius 1 is 1.47 bits per heavy atom. The molecule has 1 aromatic carbocycles. The van der Waals surface area contributed by atoms with Crippen molar-refractivity contribution in [1.82, 2.24) is 10.1 Å². The average molecular weight is 280 g/mol. The van der Waals surface area contributed by atoms with Crippen LogP contribution >= 0.6 is 11.6 Å². The second-order valence-corrected chi connectivity index (χ2v) is 4.79. The minimum atomic E-state index is -0.800. The average Bonchev–Trinajstić information content (AvgIpc) is 2.75. The van der Waals surface area contributed by atoms with Crippen molar-refractivity contribution in [2.75, 3.05) is 18.0 Å². The van der Waals surface area contributed by atoms with E-state index in [4.69, 9.17) is 21.2 Å². The van der Waals surface area contributed by atoms with Crippen molar-refractivity contribution < 1.29 is 14.4 Å². The van der Waals surface area contributed by atoms with Gasteiger partial charge in [0.1, 0.15) is 0 Å². The lowest BCUT2D eigenvalue weighted by Gasteiger charge is -2.34. The first-order valence-corrected chi connectivity index (χ1v) is 6.08. The Labute approximate surface area is 113 Å². The third-order valence-electron chi connectivity index (χ3n) is 3.00. The number of carboxylic acid groups (broad SMARTS) is 1. The van der Waals surface area contributed by atoms with Crippen LogP contribution in [0.1, 0.15) is 0 Å². The molecule has 0 saturated carbocycles. The van der Waals surface area contributed by atoms with E-state index in [1.807, 2.05) is 6.07 Å². The zero-order valence-electron chi connectivity index (χ0n) is 9.78. The van der Waals surface area contributed by atoms with E-state index in [1.54, 1.807) is 23.1 Å². The minimum Gasteiger partial charge on any atom is -0.481 e. The van der Waals surface area contributed by atoms with E-state index >= 15 is 0 Å². The van der Waals surface area contributed by atoms with Gasteiger partial charge < -0.3 is 14.5 Å². The number of halogens is 1. The van der Waals surface area contributed by atoms with Crippen molar-refractivity contribution in [3.63, 3.8) is 0 Å². The quantitative estimate of drug-likeness (QED) is 0.924. The molecule has 1 aliphatic heterocycles. The third-order valence-corrected chi connectivity index (χ3v) is 3.23. The molecule has 6 nitrogen and oxygen atoms in total. The largest absolute Gasteiger partial charge is 0.481 e. The van der Waals surface area contributed by atoms with Crippen molar-refractivity contribution in [3.8, 4) is 11.4 Å². The molecule has 0 atom stereocenters. The van der Waals surface area contributed by atoms with Crippen LogP contribution in [0.15, 0.2) is 28.8 Å². The van der Waals surface area contributed by atoms with Gasteiger partial charge >= 0.3 is 12.0 Å². The SMILES string of the molecule is O=C(O)C1CN(c2nc(-c3cccc(Cl)c3)no2)C1. The van der Waals surface area contributed by atoms with E-state index in [0.29, 0.717) is 30.0 Å². The van der Waals surface area contributed by atoms with Crippen LogP contribution in [-0.4, -0.2) is 34.3 Å². The fourth-order valence-corrected chi connectivity index (χ4v) is 2.07. The molecule has 1 aromatic heterocycles. The molecule has 1 aliphatic rings. The van der Waals surface area contributed by atoms with Gasteiger partial charge in [-0.25, -0.2) is 0 Å². The number of carbonyl (C=O) groups is 1. The number of benzene rings is 1. The van der Waals surface area contributed by atoms with E-state index in [9.17, 15) is 4.79 Å². The van der Waals surface area contributed by atoms with Crippen LogP contribution in [0.2, 0.25) is 5.02 Å². The summed E-state index contributed by atoms with van der Waals surface area (Å²) in [6, 6.07) is 7.48. The molecular formula is C12H10ClN3O3. The predicted molar refractivity (Wildman–Crippen MR) is 68.1 cm³/mol. The topological polar surface area (TPSA) is 79.5 Å². The van der Waals surface area contributed by atoms with E-state index < -0.39 is 5.97 Å². The fourth-order valence-electron chi connectivity index (χ4n) is 1.88. The van der Waals surface area contributed by atoms with Crippen molar-refractivity contribution >= 4 is 23.6 Å². The van der Waals surface area contributed by atoms with Crippen molar-refractivity contribution in [1.29, 1.82) is 0 Å². The second kappa shape index (κ2) is 4.55. The molecular weight excluding hydrogens is 270 g/mol. The van der Waals surface area contributed by atoms with E-state index in [1.165, 1.54) is 0 Å². The maximum atomic E-state index is 10.7. The molecule has 0 amide bonds. The first-order valence-electron chi connectivity index (χ1n) is 5.71. The molecule has 0 spiro atoms. The highest BCUT2D eigenvalue weighted by Crippen LogP contribution is 2.26. The standard InChI is InChI=1S/C12H10ClN3O3/c13-9-3-1-2-7(4-9)10-14-12(19-15-10)16-5-8(6-16)11(17)18/h1-4,8H,5-6H2,(H,17,18). The number of anilines is 1. The van der Waals surface area contributed by atoms with Gasteiger partial charge in [0, 0.05) is 23.7 Å². The van der Waals surface area contributed by atoms with Gasteiger partial charge in [0.15, 0.2) is 0 Å². The van der Waals surface area contributed by atoms with Crippen molar-refractivity contribution in [2.24, 2.45) is 5.92 Å². The lowest BCUT2D eigenvalue weighted by atomic mass is 10.0. The molecule has 1 N–H and O–H groups in total. The summed E-state index contributed by atoms with van der Waals surface area (Å²) in [6.07, 6.45) is 0. The van der Waals surface area contributed by atoms with Crippen LogP contribution < -0.4 is 4.90 Å². The number of rotatable bonds is 3. The number of aromatic nitrogens is 2. The van der Waals surface area contributed by atoms with Gasteiger partial charge in [-0.3, -0.25) is 4.79 Å². The third kappa shape index (κ3) is 2.26. The van der Waals surface area contributed by atoms with Crippen LogP contribution in [0.25, 0.3) is 11.4 Å². The van der Waals surface area contributed by atoms with Gasteiger partial charge in [-0.05, 0) is 12.1 Å². The van der Waals surface area contributed by atoms with Crippen LogP contribution in [0.4, 0.5) is 6.01 Å². The normalized spacial score (nSPS) is 15.3. The highest BCUT2D eigenvalue weighted by Gasteiger charge is 2.35. The fraction of sp³-hybridized carbons (Fsp3) is 0.250. The number of hydrogen-bond acceptors (Lipinski definition) is 5. The van der Waals surface area contributed by atoms with Gasteiger partial charge in [0.2, 0.25) is 5.82 Å². The molecule has 0 bridgehead atoms. The molecule has 0 aliphatic carbocycles. The molecule has 98 valence electrons. The number of nitrogens with zero attached hydrogens (tertiary/aromatic N) is 3. The summed E-state index contributed by atoms with van der Waals surface area (Å²) in [7, 11) is 0. The maximum absolute atomic E-state index is 10.7. The van der Waals surface area contributed by atoms with Crippen LogP contribution in [0, 0.1) is 5.92 Å². The summed E-state index contributed by atoms with van der Waals surface area (Å²) < 4.78 is 5.12. The van der Waals surface area contributed by atoms with E-state index in [-0.39, 0.29) is 5.92 Å². The molecule has 0 unspecified atom stereocenters. The summed E-state index contributed by atoms with van der Waals surface area (Å²) in [5.41, 5.74) is 0.762. The van der Waals surface area contributed by atoms with Crippen LogP contribution in [-0.2, 0) is 4.79 Å². The summed E-state index contributed by atoms with van der Waals surface area (Å²) >= 11 is 5.89. The highest BCUT2D eigenvalue weighted by atomic mass is 35.5. The summed E-state index contributed by atoms with van der Waals surface area (Å²) in [6.45, 7) is 0.791. The Kier molecular flexibility index (Phi) is 2.87. The lowest BCUT2D eigenvalue weighted by Crippen LogP contribution is -2.50. The Hall–Kier alpha value is -2.08. The van der Waals surface area contributed by atoms with Gasteiger partial charge in [-0.15, -0.1) is 0 Å². The molecule has 2 heterocycles. The van der Waals surface area contributed by atoms with Crippen LogP contribution in [0.5, 0.6) is 0 Å². The van der Waals surface area contributed by atoms with E-state index in [0.717, 1.165) is 5.56 Å². The van der Waals surface area contributed by atoms with Gasteiger partial charge in [-0.2, -0.15) is 4.98 Å². The Morgan fingerprint density at radius 3 is 2.95 bits per heavy atom. The predicted octanol–water partition coefficient (Wildman–Crippen LogP) is 1.91. The lowest BCUT2D eigenvalue weighted by molar-refractivity contribution is -0.142. The number of hydrogen-bond donors (Lipinski definition) is 1. The smallest absolute Gasteiger partial charge is 0.324 e. The molecule has 1 fully saturated rings. The molecule has 19 heavy (non-hydrogen) atoms. The minimum absolute atomic E-state index is 0.340. The summed E-state index contributed by atoms with van der Waals surface area (Å²) in [5, 5.41) is 13.3. The van der Waals surface area contributed by atoms with Crippen molar-refractivity contribution in [2.45, 2.75) is 0 Å². The molecule has 3 rings (SSSR count). The van der Waals surface area contributed by atoms with Crippen molar-refractivity contribution in [3.05, 3.63) is 29.3 Å². The summed E-state index contributed by atoms with van der Waals surface area (Å²) in [4.78, 5) is 16.7. The first-order chi connectivity index (χ1) is 9.13. The monoisotopic (exact) mass is 279 g/mol. The Bertz CT molecular complexity index is 622. The van der Waals surface area contributed by atoms with Gasteiger partial charge in [0.05, 0.1) is 5.92 Å². The molecule has 2 aromatic rings. The van der Waals surface area contributed by atoms with Gasteiger partial charge in [0.25, 0.3) is 0 Å². The zero-order valence-corrected chi connectivity index (χ0v) is 10.5. The molecule has 1 saturated heterocycles. The zero-order chi connectivity index (χ0) is 13.4.